The maximum atomic E-state index is 13.8. The van der Waals surface area contributed by atoms with E-state index < -0.39 is 5.69 Å². The fourth-order valence-corrected chi connectivity index (χ4v) is 4.97. The van der Waals surface area contributed by atoms with Gasteiger partial charge in [0.15, 0.2) is 11.2 Å². The van der Waals surface area contributed by atoms with Gasteiger partial charge in [-0.15, -0.1) is 0 Å². The van der Waals surface area contributed by atoms with Gasteiger partial charge in [0.2, 0.25) is 5.95 Å². The summed E-state index contributed by atoms with van der Waals surface area (Å²) in [6, 6.07) is 7.79. The number of rotatable bonds is 6. The molecule has 0 spiro atoms. The number of unbranched alkanes of at least 4 members (excludes halogenated alkanes) is 1. The average Bonchev–Trinajstić information content (AvgIpc) is 3.24. The molecule has 3 aromatic heterocycles. The van der Waals surface area contributed by atoms with Crippen LogP contribution in [0.3, 0.4) is 0 Å². The normalized spacial score (nSPS) is 16.5. The lowest BCUT2D eigenvalue weighted by Crippen LogP contribution is -2.44. The van der Waals surface area contributed by atoms with Crippen molar-refractivity contribution in [3.8, 4) is 0 Å². The van der Waals surface area contributed by atoms with Gasteiger partial charge in [0, 0.05) is 43.8 Å². The highest BCUT2D eigenvalue weighted by atomic mass is 16.2. The van der Waals surface area contributed by atoms with Gasteiger partial charge in [0.1, 0.15) is 5.82 Å². The Morgan fingerprint density at radius 2 is 1.91 bits per heavy atom. The SMILES string of the molecule is CCCCn1c(N2CCC[C@@H](N)C2)nc2c1c(=O)n(Cc1nc(C)c3ccccc3n1)c(=O)n2C. The molecule has 5 rings (SSSR count). The second kappa shape index (κ2) is 9.26. The molecule has 0 radical (unpaired) electrons. The molecule has 1 saturated heterocycles. The van der Waals surface area contributed by atoms with Gasteiger partial charge in [-0.25, -0.2) is 14.8 Å². The molecule has 0 unspecified atom stereocenters. The molecule has 10 heteroatoms. The summed E-state index contributed by atoms with van der Waals surface area (Å²) in [6.07, 6.45) is 3.82. The number of hydrogen-bond acceptors (Lipinski definition) is 7. The van der Waals surface area contributed by atoms with Gasteiger partial charge in [-0.05, 0) is 32.3 Å². The van der Waals surface area contributed by atoms with Crippen LogP contribution in [0, 0.1) is 6.92 Å². The molecule has 1 aliphatic rings. The van der Waals surface area contributed by atoms with E-state index in [1.54, 1.807) is 7.05 Å². The third-order valence-corrected chi connectivity index (χ3v) is 6.83. The Kier molecular flexibility index (Phi) is 6.14. The molecule has 10 nitrogen and oxygen atoms in total. The van der Waals surface area contributed by atoms with Crippen LogP contribution in [-0.2, 0) is 20.1 Å². The van der Waals surface area contributed by atoms with Crippen molar-refractivity contribution in [3.05, 3.63) is 56.6 Å². The molecule has 0 amide bonds. The molecule has 0 saturated carbocycles. The summed E-state index contributed by atoms with van der Waals surface area (Å²) in [4.78, 5) is 43.2. The molecule has 35 heavy (non-hydrogen) atoms. The molecule has 2 N–H and O–H groups in total. The quantitative estimate of drug-likeness (QED) is 0.452. The lowest BCUT2D eigenvalue weighted by atomic mass is 10.1. The monoisotopic (exact) mass is 476 g/mol. The van der Waals surface area contributed by atoms with Gasteiger partial charge >= 0.3 is 5.69 Å². The number of nitrogens with zero attached hydrogens (tertiary/aromatic N) is 7. The minimum atomic E-state index is -0.432. The highest BCUT2D eigenvalue weighted by molar-refractivity contribution is 5.80. The van der Waals surface area contributed by atoms with Crippen LogP contribution in [0.25, 0.3) is 22.1 Å². The molecule has 0 aliphatic carbocycles. The molecule has 4 heterocycles. The number of fused-ring (bicyclic) bond motifs is 2. The Morgan fingerprint density at radius 3 is 2.69 bits per heavy atom. The summed E-state index contributed by atoms with van der Waals surface area (Å²) in [7, 11) is 1.66. The van der Waals surface area contributed by atoms with E-state index in [0.717, 1.165) is 48.8 Å². The van der Waals surface area contributed by atoms with Crippen LogP contribution in [0.2, 0.25) is 0 Å². The van der Waals surface area contributed by atoms with Crippen molar-refractivity contribution in [1.29, 1.82) is 0 Å². The molecule has 1 fully saturated rings. The number of benzene rings is 1. The first-order valence-corrected chi connectivity index (χ1v) is 12.3. The standard InChI is InChI=1S/C25H32N8O2/c1-4-5-13-32-21-22(29-24(32)31-12-8-9-17(26)14-31)30(3)25(35)33(23(21)34)15-20-27-16(2)18-10-6-7-11-19(18)28-20/h6-7,10-11,17H,4-5,8-9,12-15,26H2,1-3H3/t17-/m1/s1. The number of hydrogen-bond donors (Lipinski definition) is 1. The number of para-hydroxylation sites is 1. The Balaban J connectivity index is 1.67. The Labute approximate surface area is 203 Å². The number of anilines is 1. The van der Waals surface area contributed by atoms with Gasteiger partial charge in [-0.3, -0.25) is 13.9 Å². The second-order valence-corrected chi connectivity index (χ2v) is 9.41. The minimum absolute atomic E-state index is 0.00397. The zero-order chi connectivity index (χ0) is 24.7. The third-order valence-electron chi connectivity index (χ3n) is 6.83. The summed E-state index contributed by atoms with van der Waals surface area (Å²) in [5.74, 6) is 1.15. The number of aromatic nitrogens is 6. The van der Waals surface area contributed by atoms with Crippen molar-refractivity contribution in [2.24, 2.45) is 12.8 Å². The second-order valence-electron chi connectivity index (χ2n) is 9.41. The van der Waals surface area contributed by atoms with Crippen molar-refractivity contribution in [1.82, 2.24) is 28.7 Å². The largest absolute Gasteiger partial charge is 0.341 e. The van der Waals surface area contributed by atoms with E-state index >= 15 is 0 Å². The van der Waals surface area contributed by atoms with Gasteiger partial charge in [0.25, 0.3) is 5.56 Å². The summed E-state index contributed by atoms with van der Waals surface area (Å²) in [5.41, 5.74) is 7.88. The van der Waals surface area contributed by atoms with Crippen molar-refractivity contribution in [2.45, 2.75) is 58.7 Å². The molecule has 1 aliphatic heterocycles. The van der Waals surface area contributed by atoms with Crippen LogP contribution in [0.4, 0.5) is 5.95 Å². The predicted octanol–water partition coefficient (Wildman–Crippen LogP) is 1.92. The lowest BCUT2D eigenvalue weighted by Gasteiger charge is -2.31. The summed E-state index contributed by atoms with van der Waals surface area (Å²) in [6.45, 7) is 6.18. The molecule has 184 valence electrons. The molecule has 4 aromatic rings. The van der Waals surface area contributed by atoms with E-state index in [9.17, 15) is 9.59 Å². The molecular formula is C25H32N8O2. The lowest BCUT2D eigenvalue weighted by molar-refractivity contribution is 0.491. The first-order chi connectivity index (χ1) is 16.9. The summed E-state index contributed by atoms with van der Waals surface area (Å²) < 4.78 is 4.66. The first kappa shape index (κ1) is 23.2. The molecular weight excluding hydrogens is 444 g/mol. The fourth-order valence-electron chi connectivity index (χ4n) is 4.97. The van der Waals surface area contributed by atoms with E-state index in [2.05, 4.69) is 21.8 Å². The Morgan fingerprint density at radius 1 is 1.11 bits per heavy atom. The molecule has 1 atom stereocenters. The van der Waals surface area contributed by atoms with Crippen LogP contribution >= 0.6 is 0 Å². The van der Waals surface area contributed by atoms with Gasteiger partial charge in [0.05, 0.1) is 12.1 Å². The minimum Gasteiger partial charge on any atom is -0.341 e. The summed E-state index contributed by atoms with van der Waals surface area (Å²) >= 11 is 0. The van der Waals surface area contributed by atoms with E-state index in [-0.39, 0.29) is 18.1 Å². The van der Waals surface area contributed by atoms with Crippen molar-refractivity contribution < 1.29 is 0 Å². The van der Waals surface area contributed by atoms with Crippen LogP contribution < -0.4 is 21.9 Å². The average molecular weight is 477 g/mol. The van der Waals surface area contributed by atoms with Gasteiger partial charge in [-0.2, -0.15) is 4.98 Å². The topological polar surface area (TPSA) is 117 Å². The van der Waals surface area contributed by atoms with E-state index in [1.165, 1.54) is 9.13 Å². The van der Waals surface area contributed by atoms with Gasteiger partial charge in [-0.1, -0.05) is 31.5 Å². The maximum absolute atomic E-state index is 13.8. The van der Waals surface area contributed by atoms with Crippen molar-refractivity contribution >= 4 is 28.0 Å². The molecule has 1 aromatic carbocycles. The van der Waals surface area contributed by atoms with Crippen molar-refractivity contribution in [2.75, 3.05) is 18.0 Å². The van der Waals surface area contributed by atoms with Crippen LogP contribution in [0.15, 0.2) is 33.9 Å². The van der Waals surface area contributed by atoms with Crippen LogP contribution in [0.1, 0.15) is 44.1 Å². The maximum Gasteiger partial charge on any atom is 0.332 e. The number of nitrogens with two attached hydrogens (primary N) is 1. The smallest absolute Gasteiger partial charge is 0.332 e. The number of aryl methyl sites for hydroxylation is 3. The number of imidazole rings is 1. The summed E-state index contributed by atoms with van der Waals surface area (Å²) in [5, 5.41) is 0.953. The van der Waals surface area contributed by atoms with Gasteiger partial charge < -0.3 is 15.2 Å². The van der Waals surface area contributed by atoms with E-state index in [4.69, 9.17) is 10.7 Å². The Hall–Kier alpha value is -3.53. The Bertz CT molecular complexity index is 1520. The highest BCUT2D eigenvalue weighted by Crippen LogP contribution is 2.23. The first-order valence-electron chi connectivity index (χ1n) is 12.3. The number of piperidine rings is 1. The van der Waals surface area contributed by atoms with Crippen LogP contribution in [0.5, 0.6) is 0 Å². The molecule has 0 bridgehead atoms. The zero-order valence-electron chi connectivity index (χ0n) is 20.6. The van der Waals surface area contributed by atoms with Crippen LogP contribution in [-0.4, -0.2) is 47.8 Å². The predicted molar refractivity (Wildman–Crippen MR) is 137 cm³/mol. The van der Waals surface area contributed by atoms with E-state index in [1.807, 2.05) is 35.8 Å². The highest BCUT2D eigenvalue weighted by Gasteiger charge is 2.26. The van der Waals surface area contributed by atoms with E-state index in [0.29, 0.717) is 36.0 Å². The fraction of sp³-hybridized carbons (Fsp3) is 0.480. The third kappa shape index (κ3) is 4.12. The van der Waals surface area contributed by atoms with Crippen molar-refractivity contribution in [3.63, 3.8) is 0 Å². The zero-order valence-corrected chi connectivity index (χ0v) is 20.6.